The molecular formula is C23H26O9. The average molecular weight is 446 g/mol. The van der Waals surface area contributed by atoms with Crippen molar-refractivity contribution in [1.29, 1.82) is 0 Å². The lowest BCUT2D eigenvalue weighted by Crippen LogP contribution is -2.56. The third-order valence-electron chi connectivity index (χ3n) is 6.16. The average Bonchev–Trinajstić information content (AvgIpc) is 2.79. The molecule has 9 heteroatoms. The summed E-state index contributed by atoms with van der Waals surface area (Å²) >= 11 is 0. The van der Waals surface area contributed by atoms with Crippen molar-refractivity contribution in [3.8, 4) is 17.2 Å². The predicted octanol–water partition coefficient (Wildman–Crippen LogP) is 0.697. The number of fused-ring (bicyclic) bond motifs is 1. The molecule has 9 nitrogen and oxygen atoms in total. The molecule has 0 aromatic heterocycles. The summed E-state index contributed by atoms with van der Waals surface area (Å²) in [6.45, 7) is -0.379. The lowest BCUT2D eigenvalue weighted by Gasteiger charge is -2.40. The summed E-state index contributed by atoms with van der Waals surface area (Å²) in [5.74, 6) is -0.850. The normalized spacial score (nSPS) is 29.7. The number of aliphatic hydroxyl groups is 4. The smallest absolute Gasteiger partial charge is 0.342 e. The van der Waals surface area contributed by atoms with Crippen LogP contribution < -0.4 is 9.47 Å². The zero-order valence-corrected chi connectivity index (χ0v) is 17.4. The Balaban J connectivity index is 1.58. The van der Waals surface area contributed by atoms with Crippen LogP contribution in [0.4, 0.5) is 0 Å². The first-order chi connectivity index (χ1) is 15.3. The van der Waals surface area contributed by atoms with Crippen LogP contribution in [0.5, 0.6) is 17.2 Å². The van der Waals surface area contributed by atoms with Gasteiger partial charge in [0.1, 0.15) is 35.7 Å². The number of carbonyl (C=O) groups excluding carboxylic acids is 1. The predicted molar refractivity (Wildman–Crippen MR) is 111 cm³/mol. The van der Waals surface area contributed by atoms with Crippen molar-refractivity contribution in [2.75, 3.05) is 13.7 Å². The third kappa shape index (κ3) is 4.00. The Labute approximate surface area is 184 Å². The molecular weight excluding hydrogens is 420 g/mol. The number of aliphatic hydroxyl groups excluding tert-OH is 4. The fraction of sp³-hybridized carbons (Fsp3) is 0.435. The van der Waals surface area contributed by atoms with Crippen molar-refractivity contribution in [1.82, 2.24) is 0 Å². The first kappa shape index (κ1) is 22.3. The molecule has 1 aliphatic heterocycles. The summed E-state index contributed by atoms with van der Waals surface area (Å²) in [5, 5.41) is 49.9. The number of phenolic OH excluding ortho intramolecular Hbond substituents is 1. The first-order valence-electron chi connectivity index (χ1n) is 10.4. The van der Waals surface area contributed by atoms with Gasteiger partial charge in [-0.25, -0.2) is 4.79 Å². The zero-order valence-electron chi connectivity index (χ0n) is 17.4. The lowest BCUT2D eigenvalue weighted by molar-refractivity contribution is -0.157. The van der Waals surface area contributed by atoms with Gasteiger partial charge in [0, 0.05) is 18.9 Å². The largest absolute Gasteiger partial charge is 0.504 e. The Morgan fingerprint density at radius 2 is 1.84 bits per heavy atom. The molecule has 6 atom stereocenters. The number of esters is 1. The second kappa shape index (κ2) is 8.95. The van der Waals surface area contributed by atoms with E-state index in [0.717, 1.165) is 0 Å². The molecule has 1 saturated carbocycles. The second-order valence-electron chi connectivity index (χ2n) is 8.13. The van der Waals surface area contributed by atoms with Gasteiger partial charge in [-0.05, 0) is 35.7 Å². The van der Waals surface area contributed by atoms with Crippen LogP contribution in [-0.4, -0.2) is 69.6 Å². The van der Waals surface area contributed by atoms with E-state index in [1.165, 1.54) is 13.2 Å². The highest BCUT2D eigenvalue weighted by molar-refractivity contribution is 5.95. The summed E-state index contributed by atoms with van der Waals surface area (Å²) in [5.41, 5.74) is 1.50. The van der Waals surface area contributed by atoms with E-state index < -0.39 is 42.4 Å². The van der Waals surface area contributed by atoms with Crippen LogP contribution in [0.3, 0.4) is 0 Å². The fourth-order valence-corrected chi connectivity index (χ4v) is 4.34. The molecule has 1 aliphatic carbocycles. The van der Waals surface area contributed by atoms with Crippen LogP contribution in [0, 0.1) is 5.92 Å². The van der Waals surface area contributed by atoms with Gasteiger partial charge < -0.3 is 39.7 Å². The van der Waals surface area contributed by atoms with Gasteiger partial charge in [-0.15, -0.1) is 0 Å². The maximum absolute atomic E-state index is 12.9. The van der Waals surface area contributed by atoms with Crippen molar-refractivity contribution in [3.63, 3.8) is 0 Å². The Kier molecular flexibility index (Phi) is 6.25. The highest BCUT2D eigenvalue weighted by Crippen LogP contribution is 2.39. The topological polar surface area (TPSA) is 146 Å². The molecule has 5 N–H and O–H groups in total. The van der Waals surface area contributed by atoms with Gasteiger partial charge in [0.15, 0.2) is 11.5 Å². The number of cyclic esters (lactones) is 1. The SMILES string of the molecule is COc1ccc(C2Cc3cccc(O[C@@H]4C[C@H](CO)[C@@H](O)[C@H](O)[C@H]4O)c3C(=O)O2)cc1O. The van der Waals surface area contributed by atoms with Crippen LogP contribution in [0.1, 0.15) is 34.0 Å². The van der Waals surface area contributed by atoms with E-state index in [4.69, 9.17) is 14.2 Å². The number of carbonyl (C=O) groups is 1. The Bertz CT molecular complexity index is 989. The van der Waals surface area contributed by atoms with Gasteiger partial charge in [-0.3, -0.25) is 0 Å². The molecule has 4 rings (SSSR count). The van der Waals surface area contributed by atoms with E-state index in [0.29, 0.717) is 23.3 Å². The number of hydrogen-bond donors (Lipinski definition) is 5. The summed E-state index contributed by atoms with van der Waals surface area (Å²) in [4.78, 5) is 12.9. The fourth-order valence-electron chi connectivity index (χ4n) is 4.34. The Morgan fingerprint density at radius 3 is 2.53 bits per heavy atom. The molecule has 0 radical (unpaired) electrons. The third-order valence-corrected chi connectivity index (χ3v) is 6.16. The maximum atomic E-state index is 12.9. The summed E-state index contributed by atoms with van der Waals surface area (Å²) in [6.07, 6.45) is -5.24. The second-order valence-corrected chi connectivity index (χ2v) is 8.13. The number of hydrogen-bond acceptors (Lipinski definition) is 9. The monoisotopic (exact) mass is 446 g/mol. The lowest BCUT2D eigenvalue weighted by atomic mass is 9.81. The van der Waals surface area contributed by atoms with E-state index in [1.54, 1.807) is 30.3 Å². The minimum absolute atomic E-state index is 0.0607. The standard InChI is InChI=1S/C23H26O9/c1-30-15-6-5-11(7-14(15)25)17-8-12-3-2-4-16(19(12)23(29)32-17)31-18-9-13(10-24)20(26)22(28)21(18)27/h2-7,13,17-18,20-22,24-28H,8-10H2,1H3/t13-,17?,18-,20-,21+,22+/m1/s1. The summed E-state index contributed by atoms with van der Waals surface area (Å²) < 4.78 is 16.5. The van der Waals surface area contributed by atoms with Crippen LogP contribution in [-0.2, 0) is 11.2 Å². The van der Waals surface area contributed by atoms with Gasteiger partial charge in [-0.2, -0.15) is 0 Å². The molecule has 32 heavy (non-hydrogen) atoms. The van der Waals surface area contributed by atoms with Crippen molar-refractivity contribution < 1.29 is 44.5 Å². The minimum Gasteiger partial charge on any atom is -0.504 e. The maximum Gasteiger partial charge on any atom is 0.342 e. The summed E-state index contributed by atoms with van der Waals surface area (Å²) in [6, 6.07) is 9.84. The molecule has 0 saturated heterocycles. The van der Waals surface area contributed by atoms with E-state index in [-0.39, 0.29) is 30.1 Å². The van der Waals surface area contributed by atoms with Crippen LogP contribution >= 0.6 is 0 Å². The van der Waals surface area contributed by atoms with Crippen molar-refractivity contribution in [2.45, 2.75) is 43.4 Å². The first-order valence-corrected chi connectivity index (χ1v) is 10.4. The van der Waals surface area contributed by atoms with Gasteiger partial charge in [0.05, 0.1) is 13.2 Å². The molecule has 172 valence electrons. The quantitative estimate of drug-likeness (QED) is 0.419. The molecule has 0 amide bonds. The molecule has 2 aromatic carbocycles. The molecule has 0 bridgehead atoms. The number of phenols is 1. The number of methoxy groups -OCH3 is 1. The van der Waals surface area contributed by atoms with Gasteiger partial charge in [0.25, 0.3) is 0 Å². The van der Waals surface area contributed by atoms with Crippen LogP contribution in [0.2, 0.25) is 0 Å². The number of aromatic hydroxyl groups is 1. The molecule has 0 spiro atoms. The van der Waals surface area contributed by atoms with E-state index in [9.17, 15) is 30.3 Å². The van der Waals surface area contributed by atoms with Crippen molar-refractivity contribution >= 4 is 5.97 Å². The highest BCUT2D eigenvalue weighted by atomic mass is 16.6. The van der Waals surface area contributed by atoms with E-state index >= 15 is 0 Å². The van der Waals surface area contributed by atoms with Crippen LogP contribution in [0.15, 0.2) is 36.4 Å². The number of rotatable bonds is 5. The Hall–Kier alpha value is -2.85. The van der Waals surface area contributed by atoms with Gasteiger partial charge in [0.2, 0.25) is 0 Å². The number of benzene rings is 2. The Morgan fingerprint density at radius 1 is 1.06 bits per heavy atom. The van der Waals surface area contributed by atoms with E-state index in [2.05, 4.69) is 0 Å². The van der Waals surface area contributed by atoms with Crippen molar-refractivity contribution in [3.05, 3.63) is 53.1 Å². The molecule has 1 fully saturated rings. The van der Waals surface area contributed by atoms with E-state index in [1.807, 2.05) is 0 Å². The van der Waals surface area contributed by atoms with Crippen molar-refractivity contribution in [2.24, 2.45) is 5.92 Å². The highest BCUT2D eigenvalue weighted by Gasteiger charge is 2.44. The van der Waals surface area contributed by atoms with Crippen LogP contribution in [0.25, 0.3) is 0 Å². The van der Waals surface area contributed by atoms with Gasteiger partial charge >= 0.3 is 5.97 Å². The number of ether oxygens (including phenoxy) is 3. The molecule has 1 unspecified atom stereocenters. The minimum atomic E-state index is -1.48. The summed E-state index contributed by atoms with van der Waals surface area (Å²) in [7, 11) is 1.44. The van der Waals surface area contributed by atoms with Gasteiger partial charge in [-0.1, -0.05) is 18.2 Å². The molecule has 1 heterocycles. The molecule has 2 aliphatic rings. The zero-order chi connectivity index (χ0) is 23.0. The molecule has 2 aromatic rings.